The van der Waals surface area contributed by atoms with Crippen LogP contribution in [0.25, 0.3) is 0 Å². The smallest absolute Gasteiger partial charge is 0.303 e. The number of carbonyl (C=O) groups is 2. The normalized spacial score (nSPS) is 11.8. The van der Waals surface area contributed by atoms with Gasteiger partial charge in [-0.05, 0) is 17.9 Å². The van der Waals surface area contributed by atoms with Crippen LogP contribution in [0.4, 0.5) is 0 Å². The number of benzene rings is 1. The third kappa shape index (κ3) is 6.03. The number of hydrogen-bond donors (Lipinski definition) is 2. The molecule has 0 aliphatic carbocycles. The van der Waals surface area contributed by atoms with E-state index in [9.17, 15) is 9.59 Å². The highest BCUT2D eigenvalue weighted by atomic mass is 16.4. The molecular weight excluding hydrogens is 230 g/mol. The van der Waals surface area contributed by atoms with Crippen LogP contribution in [0, 0.1) is 5.92 Å². The van der Waals surface area contributed by atoms with Crippen molar-refractivity contribution in [2.45, 2.75) is 26.2 Å². The first-order valence-corrected chi connectivity index (χ1v) is 6.10. The fourth-order valence-corrected chi connectivity index (χ4v) is 1.75. The highest BCUT2D eigenvalue weighted by Gasteiger charge is 2.11. The Morgan fingerprint density at radius 3 is 2.50 bits per heavy atom. The summed E-state index contributed by atoms with van der Waals surface area (Å²) in [6, 6.07) is 9.91. The highest BCUT2D eigenvalue weighted by Crippen LogP contribution is 2.06. The van der Waals surface area contributed by atoms with E-state index in [-0.39, 0.29) is 24.7 Å². The summed E-state index contributed by atoms with van der Waals surface area (Å²) in [5, 5.41) is 11.4. The Kier molecular flexibility index (Phi) is 5.91. The van der Waals surface area contributed by atoms with Crippen molar-refractivity contribution in [1.29, 1.82) is 0 Å². The van der Waals surface area contributed by atoms with Crippen LogP contribution < -0.4 is 5.32 Å². The van der Waals surface area contributed by atoms with E-state index < -0.39 is 5.97 Å². The quantitative estimate of drug-likeness (QED) is 0.775. The Morgan fingerprint density at radius 2 is 1.89 bits per heavy atom. The molecular formula is C14H19NO3. The zero-order chi connectivity index (χ0) is 13.4. The largest absolute Gasteiger partial charge is 0.481 e. The molecule has 1 atom stereocenters. The minimum absolute atomic E-state index is 0.0338. The van der Waals surface area contributed by atoms with Gasteiger partial charge in [0.1, 0.15) is 0 Å². The molecule has 0 fully saturated rings. The first-order valence-electron chi connectivity index (χ1n) is 6.10. The molecule has 0 saturated heterocycles. The summed E-state index contributed by atoms with van der Waals surface area (Å²) in [6.45, 7) is 2.35. The van der Waals surface area contributed by atoms with Crippen LogP contribution in [-0.4, -0.2) is 23.5 Å². The maximum atomic E-state index is 11.5. The standard InChI is InChI=1S/C14H19NO3/c1-11(10-14(17)18)9-13(16)15-8-7-12-5-3-2-4-6-12/h2-6,11H,7-10H2,1H3,(H,15,16)(H,17,18). The predicted octanol–water partition coefficient (Wildman–Crippen LogP) is 1.85. The van der Waals surface area contributed by atoms with Crippen LogP contribution >= 0.6 is 0 Å². The molecule has 2 N–H and O–H groups in total. The SMILES string of the molecule is CC(CC(=O)O)CC(=O)NCCc1ccccc1. The van der Waals surface area contributed by atoms with Gasteiger partial charge < -0.3 is 10.4 Å². The number of rotatable bonds is 7. The lowest BCUT2D eigenvalue weighted by molar-refractivity contribution is -0.138. The Hall–Kier alpha value is -1.84. The molecule has 4 nitrogen and oxygen atoms in total. The van der Waals surface area contributed by atoms with Gasteiger partial charge in [-0.25, -0.2) is 0 Å². The second-order valence-electron chi connectivity index (χ2n) is 4.49. The average molecular weight is 249 g/mol. The summed E-state index contributed by atoms with van der Waals surface area (Å²) in [6.07, 6.45) is 1.09. The number of hydrogen-bond acceptors (Lipinski definition) is 2. The molecule has 1 unspecified atom stereocenters. The molecule has 1 amide bonds. The fraction of sp³-hybridized carbons (Fsp3) is 0.429. The molecule has 1 aromatic rings. The number of carboxylic acid groups (broad SMARTS) is 1. The molecule has 0 spiro atoms. The summed E-state index contributed by atoms with van der Waals surface area (Å²) in [7, 11) is 0. The number of aliphatic carboxylic acids is 1. The Bertz CT molecular complexity index is 389. The van der Waals surface area contributed by atoms with Gasteiger partial charge in [-0.3, -0.25) is 9.59 Å². The van der Waals surface area contributed by atoms with E-state index in [0.29, 0.717) is 6.54 Å². The molecule has 18 heavy (non-hydrogen) atoms. The van der Waals surface area contributed by atoms with Gasteiger partial charge in [-0.15, -0.1) is 0 Å². The van der Waals surface area contributed by atoms with Gasteiger partial charge in [0.25, 0.3) is 0 Å². The van der Waals surface area contributed by atoms with E-state index in [1.54, 1.807) is 6.92 Å². The number of carbonyl (C=O) groups excluding carboxylic acids is 1. The second kappa shape index (κ2) is 7.48. The summed E-state index contributed by atoms with van der Waals surface area (Å²) in [4.78, 5) is 22.0. The zero-order valence-corrected chi connectivity index (χ0v) is 10.6. The van der Waals surface area contributed by atoms with E-state index in [2.05, 4.69) is 5.32 Å². The van der Waals surface area contributed by atoms with Gasteiger partial charge in [-0.1, -0.05) is 37.3 Å². The molecule has 4 heteroatoms. The van der Waals surface area contributed by atoms with Crippen LogP contribution in [0.2, 0.25) is 0 Å². The van der Waals surface area contributed by atoms with Crippen molar-refractivity contribution in [1.82, 2.24) is 5.32 Å². The number of carboxylic acids is 1. The van der Waals surface area contributed by atoms with Crippen molar-refractivity contribution in [3.05, 3.63) is 35.9 Å². The van der Waals surface area contributed by atoms with Crippen molar-refractivity contribution in [2.24, 2.45) is 5.92 Å². The molecule has 0 aromatic heterocycles. The van der Waals surface area contributed by atoms with E-state index in [1.165, 1.54) is 5.56 Å². The summed E-state index contributed by atoms with van der Waals surface area (Å²) in [5.74, 6) is -1.07. The predicted molar refractivity (Wildman–Crippen MR) is 69.2 cm³/mol. The van der Waals surface area contributed by atoms with E-state index in [0.717, 1.165) is 6.42 Å². The van der Waals surface area contributed by atoms with Crippen LogP contribution in [0.1, 0.15) is 25.3 Å². The molecule has 0 saturated carbocycles. The van der Waals surface area contributed by atoms with Crippen molar-refractivity contribution < 1.29 is 14.7 Å². The van der Waals surface area contributed by atoms with Crippen molar-refractivity contribution in [2.75, 3.05) is 6.54 Å². The molecule has 0 bridgehead atoms. The summed E-state index contributed by atoms with van der Waals surface area (Å²) in [5.41, 5.74) is 1.18. The zero-order valence-electron chi connectivity index (χ0n) is 10.6. The van der Waals surface area contributed by atoms with Gasteiger partial charge >= 0.3 is 5.97 Å². The maximum absolute atomic E-state index is 11.5. The van der Waals surface area contributed by atoms with Gasteiger partial charge in [0.05, 0.1) is 0 Å². The van der Waals surface area contributed by atoms with E-state index in [4.69, 9.17) is 5.11 Å². The van der Waals surface area contributed by atoms with Gasteiger partial charge in [0.2, 0.25) is 5.91 Å². The highest BCUT2D eigenvalue weighted by molar-refractivity contribution is 5.77. The Labute approximate surface area is 107 Å². The average Bonchev–Trinajstić information content (AvgIpc) is 2.29. The lowest BCUT2D eigenvalue weighted by Gasteiger charge is -2.09. The van der Waals surface area contributed by atoms with Crippen LogP contribution in [-0.2, 0) is 16.0 Å². The van der Waals surface area contributed by atoms with E-state index in [1.807, 2.05) is 30.3 Å². The number of amides is 1. The first kappa shape index (κ1) is 14.2. The minimum Gasteiger partial charge on any atom is -0.481 e. The summed E-state index contributed by atoms with van der Waals surface area (Å²) >= 11 is 0. The minimum atomic E-state index is -0.861. The second-order valence-corrected chi connectivity index (χ2v) is 4.49. The van der Waals surface area contributed by atoms with Gasteiger partial charge in [0, 0.05) is 19.4 Å². The van der Waals surface area contributed by atoms with Crippen LogP contribution in [0.15, 0.2) is 30.3 Å². The third-order valence-electron chi connectivity index (χ3n) is 2.64. The fourth-order valence-electron chi connectivity index (χ4n) is 1.75. The monoisotopic (exact) mass is 249 g/mol. The van der Waals surface area contributed by atoms with Crippen molar-refractivity contribution in [3.8, 4) is 0 Å². The lowest BCUT2D eigenvalue weighted by atomic mass is 10.0. The third-order valence-corrected chi connectivity index (χ3v) is 2.64. The van der Waals surface area contributed by atoms with Crippen molar-refractivity contribution in [3.63, 3.8) is 0 Å². The maximum Gasteiger partial charge on any atom is 0.303 e. The molecule has 1 rings (SSSR count). The van der Waals surface area contributed by atoms with Gasteiger partial charge in [-0.2, -0.15) is 0 Å². The van der Waals surface area contributed by atoms with Crippen molar-refractivity contribution >= 4 is 11.9 Å². The molecule has 98 valence electrons. The summed E-state index contributed by atoms with van der Waals surface area (Å²) < 4.78 is 0. The first-order chi connectivity index (χ1) is 8.58. The van der Waals surface area contributed by atoms with Gasteiger partial charge in [0.15, 0.2) is 0 Å². The molecule has 0 heterocycles. The molecule has 0 radical (unpaired) electrons. The van der Waals surface area contributed by atoms with E-state index >= 15 is 0 Å². The topological polar surface area (TPSA) is 66.4 Å². The molecule has 0 aliphatic heterocycles. The van der Waals surface area contributed by atoms with Crippen LogP contribution in [0.5, 0.6) is 0 Å². The Morgan fingerprint density at radius 1 is 1.22 bits per heavy atom. The molecule has 1 aromatic carbocycles. The lowest BCUT2D eigenvalue weighted by Crippen LogP contribution is -2.27. The Balaban J connectivity index is 2.19. The van der Waals surface area contributed by atoms with Crippen LogP contribution in [0.3, 0.4) is 0 Å². The molecule has 0 aliphatic rings. The number of nitrogens with one attached hydrogen (secondary N) is 1.